The Kier molecular flexibility index (Phi) is 0.566. The summed E-state index contributed by atoms with van der Waals surface area (Å²) in [5, 5.41) is 0. The molecule has 1 nitrogen and oxygen atoms in total. The predicted molar refractivity (Wildman–Crippen MR) is 29.6 cm³/mol. The second-order valence-electron chi connectivity index (χ2n) is 2.47. The Labute approximate surface area is 43.4 Å². The van der Waals surface area contributed by atoms with Gasteiger partial charge in [0.25, 0.3) is 0 Å². The van der Waals surface area contributed by atoms with Crippen LogP contribution in [0.3, 0.4) is 0 Å². The van der Waals surface area contributed by atoms with Crippen molar-refractivity contribution in [1.82, 2.24) is 0 Å². The lowest BCUT2D eigenvalue weighted by Gasteiger charge is -2.14. The molecule has 2 rings (SSSR count). The van der Waals surface area contributed by atoms with Gasteiger partial charge in [-0.25, -0.2) is 0 Å². The first-order valence-electron chi connectivity index (χ1n) is 2.98. The summed E-state index contributed by atoms with van der Waals surface area (Å²) < 4.78 is 0. The van der Waals surface area contributed by atoms with E-state index in [1.165, 1.54) is 19.3 Å². The Morgan fingerprint density at radius 2 is 2.14 bits per heavy atom. The van der Waals surface area contributed by atoms with E-state index in [0.29, 0.717) is 0 Å². The highest BCUT2D eigenvalue weighted by molar-refractivity contribution is 5.64. The molecule has 1 atom stereocenters. The first-order chi connectivity index (χ1) is 3.47. The van der Waals surface area contributed by atoms with Crippen LogP contribution in [0, 0.1) is 5.92 Å². The molecule has 0 bridgehead atoms. The smallest absolute Gasteiger partial charge is 0.0573 e. The molecule has 2 aliphatic rings. The van der Waals surface area contributed by atoms with Crippen molar-refractivity contribution in [1.29, 1.82) is 0 Å². The molecular formula is C6H9N. The minimum absolute atomic E-state index is 0.764. The van der Waals surface area contributed by atoms with Crippen molar-refractivity contribution < 1.29 is 0 Å². The summed E-state index contributed by atoms with van der Waals surface area (Å²) in [6.07, 6.45) is 6.19. The Bertz CT molecular complexity index is 103. The summed E-state index contributed by atoms with van der Waals surface area (Å²) in [6, 6.07) is 0.764. The second-order valence-corrected chi connectivity index (χ2v) is 2.47. The molecule has 0 amide bonds. The van der Waals surface area contributed by atoms with Crippen LogP contribution < -0.4 is 0 Å². The summed E-state index contributed by atoms with van der Waals surface area (Å²) in [4.78, 5) is 4.21. The van der Waals surface area contributed by atoms with Crippen LogP contribution in [0.15, 0.2) is 4.99 Å². The highest BCUT2D eigenvalue weighted by Gasteiger charge is 2.32. The zero-order chi connectivity index (χ0) is 4.69. The van der Waals surface area contributed by atoms with E-state index in [2.05, 4.69) is 4.99 Å². The first kappa shape index (κ1) is 3.65. The number of hydrogen-bond donors (Lipinski definition) is 0. The maximum absolute atomic E-state index is 4.21. The summed E-state index contributed by atoms with van der Waals surface area (Å²) in [5.41, 5.74) is 0. The molecule has 0 N–H and O–H groups in total. The van der Waals surface area contributed by atoms with Crippen LogP contribution in [0.2, 0.25) is 0 Å². The van der Waals surface area contributed by atoms with Gasteiger partial charge in [0.2, 0.25) is 0 Å². The standard InChI is InChI=1S/C6H9N/c1-2-5(1)6-3-4-7-6/h4-6H,1-3H2. The van der Waals surface area contributed by atoms with Crippen molar-refractivity contribution in [3.05, 3.63) is 0 Å². The normalized spacial score (nSPS) is 38.0. The van der Waals surface area contributed by atoms with E-state index in [-0.39, 0.29) is 0 Å². The lowest BCUT2D eigenvalue weighted by atomic mass is 10.1. The Balaban J connectivity index is 1.96. The molecule has 7 heavy (non-hydrogen) atoms. The first-order valence-corrected chi connectivity index (χ1v) is 2.98. The van der Waals surface area contributed by atoms with Crippen molar-refractivity contribution in [2.45, 2.75) is 25.3 Å². The van der Waals surface area contributed by atoms with Crippen molar-refractivity contribution in [3.8, 4) is 0 Å². The van der Waals surface area contributed by atoms with Gasteiger partial charge in [0, 0.05) is 12.6 Å². The summed E-state index contributed by atoms with van der Waals surface area (Å²) >= 11 is 0. The lowest BCUT2D eigenvalue weighted by Crippen LogP contribution is -2.15. The maximum Gasteiger partial charge on any atom is 0.0573 e. The molecule has 0 aromatic rings. The van der Waals surface area contributed by atoms with Crippen LogP contribution in [0.4, 0.5) is 0 Å². The predicted octanol–water partition coefficient (Wildman–Crippen LogP) is 1.24. The molecule has 1 aliphatic heterocycles. The van der Waals surface area contributed by atoms with Gasteiger partial charge in [-0.15, -0.1) is 0 Å². The molecule has 0 spiro atoms. The van der Waals surface area contributed by atoms with Crippen LogP contribution in [0.25, 0.3) is 0 Å². The van der Waals surface area contributed by atoms with Crippen LogP contribution in [-0.4, -0.2) is 12.3 Å². The Morgan fingerprint density at radius 3 is 2.29 bits per heavy atom. The SMILES string of the molecule is C1=NC(C2CC2)C1. The molecule has 1 heteroatoms. The minimum Gasteiger partial charge on any atom is -0.293 e. The highest BCUT2D eigenvalue weighted by Crippen LogP contribution is 2.37. The maximum atomic E-state index is 4.21. The van der Waals surface area contributed by atoms with E-state index >= 15 is 0 Å². The van der Waals surface area contributed by atoms with Gasteiger partial charge in [0.05, 0.1) is 6.04 Å². The van der Waals surface area contributed by atoms with E-state index in [1.807, 2.05) is 6.21 Å². The van der Waals surface area contributed by atoms with Crippen molar-refractivity contribution in [2.75, 3.05) is 0 Å². The summed E-state index contributed by atoms with van der Waals surface area (Å²) in [5.74, 6) is 1.00. The van der Waals surface area contributed by atoms with E-state index < -0.39 is 0 Å². The second kappa shape index (κ2) is 1.09. The van der Waals surface area contributed by atoms with Crippen molar-refractivity contribution in [3.63, 3.8) is 0 Å². The number of hydrogen-bond acceptors (Lipinski definition) is 1. The quantitative estimate of drug-likeness (QED) is 0.464. The largest absolute Gasteiger partial charge is 0.293 e. The molecule has 0 saturated heterocycles. The zero-order valence-corrected chi connectivity index (χ0v) is 4.30. The molecule has 1 unspecified atom stereocenters. The number of aliphatic imine (C=N–C) groups is 1. The van der Waals surface area contributed by atoms with Gasteiger partial charge in [-0.1, -0.05) is 0 Å². The van der Waals surface area contributed by atoms with Crippen LogP contribution >= 0.6 is 0 Å². The van der Waals surface area contributed by atoms with Crippen molar-refractivity contribution >= 4 is 6.21 Å². The molecule has 38 valence electrons. The molecule has 1 heterocycles. The van der Waals surface area contributed by atoms with E-state index in [4.69, 9.17) is 0 Å². The average Bonchev–Trinajstić information content (AvgIpc) is 2.10. The van der Waals surface area contributed by atoms with Crippen LogP contribution in [0.5, 0.6) is 0 Å². The van der Waals surface area contributed by atoms with Gasteiger partial charge in [-0.05, 0) is 18.8 Å². The Hall–Kier alpha value is -0.330. The molecule has 0 radical (unpaired) electrons. The number of nitrogens with zero attached hydrogens (tertiary/aromatic N) is 1. The molecule has 1 saturated carbocycles. The third kappa shape index (κ3) is 0.476. The average molecular weight is 95.1 g/mol. The lowest BCUT2D eigenvalue weighted by molar-refractivity contribution is 0.585. The van der Waals surface area contributed by atoms with E-state index in [0.717, 1.165) is 12.0 Å². The Morgan fingerprint density at radius 1 is 1.43 bits per heavy atom. The molecule has 1 aliphatic carbocycles. The topological polar surface area (TPSA) is 12.4 Å². The number of rotatable bonds is 1. The fourth-order valence-corrected chi connectivity index (χ4v) is 1.02. The molecular weight excluding hydrogens is 86.1 g/mol. The van der Waals surface area contributed by atoms with Gasteiger partial charge in [0.15, 0.2) is 0 Å². The van der Waals surface area contributed by atoms with Gasteiger partial charge in [0.1, 0.15) is 0 Å². The molecule has 0 aromatic heterocycles. The van der Waals surface area contributed by atoms with Crippen LogP contribution in [-0.2, 0) is 0 Å². The zero-order valence-electron chi connectivity index (χ0n) is 4.30. The van der Waals surface area contributed by atoms with Gasteiger partial charge in [-0.2, -0.15) is 0 Å². The minimum atomic E-state index is 0.764. The summed E-state index contributed by atoms with van der Waals surface area (Å²) in [7, 11) is 0. The third-order valence-corrected chi connectivity index (χ3v) is 1.81. The van der Waals surface area contributed by atoms with Crippen molar-refractivity contribution in [2.24, 2.45) is 10.9 Å². The monoisotopic (exact) mass is 95.1 g/mol. The van der Waals surface area contributed by atoms with E-state index in [9.17, 15) is 0 Å². The third-order valence-electron chi connectivity index (χ3n) is 1.81. The van der Waals surface area contributed by atoms with E-state index in [1.54, 1.807) is 0 Å². The van der Waals surface area contributed by atoms with Crippen LogP contribution in [0.1, 0.15) is 19.3 Å². The molecule has 0 aromatic carbocycles. The van der Waals surface area contributed by atoms with Gasteiger partial charge >= 0.3 is 0 Å². The fraction of sp³-hybridized carbons (Fsp3) is 0.833. The van der Waals surface area contributed by atoms with Gasteiger partial charge in [-0.3, -0.25) is 4.99 Å². The van der Waals surface area contributed by atoms with Gasteiger partial charge < -0.3 is 0 Å². The molecule has 1 fully saturated rings. The fourth-order valence-electron chi connectivity index (χ4n) is 1.02. The summed E-state index contributed by atoms with van der Waals surface area (Å²) in [6.45, 7) is 0. The highest BCUT2D eigenvalue weighted by atomic mass is 14.9.